The molecule has 0 bridgehead atoms. The van der Waals surface area contributed by atoms with Gasteiger partial charge in [0.2, 0.25) is 0 Å². The van der Waals surface area contributed by atoms with E-state index < -0.39 is 0 Å². The molecule has 90 valence electrons. The van der Waals surface area contributed by atoms with E-state index in [1.165, 1.54) is 44.9 Å². The van der Waals surface area contributed by atoms with Gasteiger partial charge in [0.1, 0.15) is 5.78 Å². The maximum atomic E-state index is 11.1. The maximum Gasteiger partial charge on any atom is 0.135 e. The molecule has 0 aliphatic rings. The summed E-state index contributed by atoms with van der Waals surface area (Å²) >= 11 is 0. The van der Waals surface area contributed by atoms with Gasteiger partial charge in [-0.25, -0.2) is 0 Å². The quantitative estimate of drug-likeness (QED) is 0.535. The number of ketones is 1. The molecule has 0 fully saturated rings. The van der Waals surface area contributed by atoms with Crippen LogP contribution in [0.15, 0.2) is 0 Å². The van der Waals surface area contributed by atoms with Crippen LogP contribution < -0.4 is 0 Å². The maximum absolute atomic E-state index is 11.1. The van der Waals surface area contributed by atoms with Gasteiger partial charge in [-0.3, -0.25) is 4.79 Å². The van der Waals surface area contributed by atoms with Crippen LogP contribution in [0.2, 0.25) is 0 Å². The van der Waals surface area contributed by atoms with Gasteiger partial charge in [0.05, 0.1) is 0 Å². The predicted octanol–water partition coefficient (Wildman–Crippen LogP) is 3.47. The molecule has 0 atom stereocenters. The second-order valence-electron chi connectivity index (χ2n) is 4.24. The van der Waals surface area contributed by atoms with Crippen molar-refractivity contribution in [1.29, 1.82) is 0 Å². The van der Waals surface area contributed by atoms with Crippen molar-refractivity contribution in [3.05, 3.63) is 0 Å². The molecule has 1 N–H and O–H groups in total. The molecule has 0 aromatic carbocycles. The first-order chi connectivity index (χ1) is 7.31. The molecule has 2 nitrogen and oxygen atoms in total. The number of aliphatic hydroxyl groups excluding tert-OH is 1. The standard InChI is InChI=1S/C13H26O2/c1-2-3-4-5-6-7-8-9-10-13(15)11-12-14/h14H,2-12H2,1H3. The van der Waals surface area contributed by atoms with E-state index in [9.17, 15) is 4.79 Å². The average Bonchev–Trinajstić information content (AvgIpc) is 2.22. The van der Waals surface area contributed by atoms with Crippen molar-refractivity contribution in [2.45, 2.75) is 71.1 Å². The fraction of sp³-hybridized carbons (Fsp3) is 0.923. The number of hydrogen-bond acceptors (Lipinski definition) is 2. The van der Waals surface area contributed by atoms with Crippen LogP contribution >= 0.6 is 0 Å². The lowest BCUT2D eigenvalue weighted by atomic mass is 10.1. The van der Waals surface area contributed by atoms with E-state index in [0.717, 1.165) is 6.42 Å². The molecule has 0 aliphatic carbocycles. The lowest BCUT2D eigenvalue weighted by Gasteiger charge is -2.01. The number of unbranched alkanes of at least 4 members (excludes halogenated alkanes) is 7. The van der Waals surface area contributed by atoms with Crippen molar-refractivity contribution in [1.82, 2.24) is 0 Å². The number of hydrogen-bond donors (Lipinski definition) is 1. The normalized spacial score (nSPS) is 10.5. The van der Waals surface area contributed by atoms with Crippen LogP contribution in [0.5, 0.6) is 0 Å². The molecule has 0 aliphatic heterocycles. The Balaban J connectivity index is 3.01. The van der Waals surface area contributed by atoms with E-state index in [2.05, 4.69) is 6.92 Å². The Bertz CT molecular complexity index is 143. The first kappa shape index (κ1) is 14.6. The Hall–Kier alpha value is -0.370. The Morgan fingerprint density at radius 1 is 0.867 bits per heavy atom. The Morgan fingerprint density at radius 2 is 1.40 bits per heavy atom. The number of aliphatic hydroxyl groups is 1. The highest BCUT2D eigenvalue weighted by atomic mass is 16.3. The average molecular weight is 214 g/mol. The molecule has 0 rings (SSSR count). The first-order valence-electron chi connectivity index (χ1n) is 6.43. The lowest BCUT2D eigenvalue weighted by Crippen LogP contribution is -2.00. The van der Waals surface area contributed by atoms with Gasteiger partial charge < -0.3 is 5.11 Å². The van der Waals surface area contributed by atoms with Gasteiger partial charge in [-0.05, 0) is 6.42 Å². The molecule has 0 aromatic rings. The minimum absolute atomic E-state index is 0.00977. The third kappa shape index (κ3) is 11.6. The van der Waals surface area contributed by atoms with Gasteiger partial charge in [-0.1, -0.05) is 51.9 Å². The van der Waals surface area contributed by atoms with Crippen molar-refractivity contribution in [3.63, 3.8) is 0 Å². The summed E-state index contributed by atoms with van der Waals surface area (Å²) < 4.78 is 0. The summed E-state index contributed by atoms with van der Waals surface area (Å²) in [5.41, 5.74) is 0. The van der Waals surface area contributed by atoms with Gasteiger partial charge in [0.25, 0.3) is 0 Å². The van der Waals surface area contributed by atoms with Crippen LogP contribution in [0.25, 0.3) is 0 Å². The van der Waals surface area contributed by atoms with Gasteiger partial charge in [0, 0.05) is 19.4 Å². The third-order valence-corrected chi connectivity index (χ3v) is 2.70. The van der Waals surface area contributed by atoms with Crippen LogP contribution in [-0.2, 0) is 4.79 Å². The predicted molar refractivity (Wildman–Crippen MR) is 63.9 cm³/mol. The summed E-state index contributed by atoms with van der Waals surface area (Å²) in [6.45, 7) is 2.24. The molecule has 0 spiro atoms. The third-order valence-electron chi connectivity index (χ3n) is 2.70. The lowest BCUT2D eigenvalue weighted by molar-refractivity contribution is -0.119. The molecule has 0 saturated heterocycles. The van der Waals surface area contributed by atoms with Gasteiger partial charge in [-0.15, -0.1) is 0 Å². The summed E-state index contributed by atoms with van der Waals surface area (Å²) in [6.07, 6.45) is 11.1. The van der Waals surface area contributed by atoms with Crippen molar-refractivity contribution < 1.29 is 9.90 Å². The first-order valence-corrected chi connectivity index (χ1v) is 6.43. The van der Waals surface area contributed by atoms with E-state index in [4.69, 9.17) is 5.11 Å². The van der Waals surface area contributed by atoms with Crippen molar-refractivity contribution in [2.75, 3.05) is 6.61 Å². The SMILES string of the molecule is CCCCCCCCCCC(=O)CCO. The number of Topliss-reactive ketones (excluding diaryl/α,β-unsaturated/α-hetero) is 1. The largest absolute Gasteiger partial charge is 0.396 e. The van der Waals surface area contributed by atoms with E-state index >= 15 is 0 Å². The minimum atomic E-state index is 0.00977. The molecule has 2 heteroatoms. The van der Waals surface area contributed by atoms with Gasteiger partial charge >= 0.3 is 0 Å². The Morgan fingerprint density at radius 3 is 1.93 bits per heavy atom. The summed E-state index contributed by atoms with van der Waals surface area (Å²) in [5, 5.41) is 8.54. The number of carbonyl (C=O) groups excluding carboxylic acids is 1. The summed E-state index contributed by atoms with van der Waals surface area (Å²) in [4.78, 5) is 11.1. The van der Waals surface area contributed by atoms with Gasteiger partial charge in [-0.2, -0.15) is 0 Å². The zero-order valence-corrected chi connectivity index (χ0v) is 10.1. The van der Waals surface area contributed by atoms with Gasteiger partial charge in [0.15, 0.2) is 0 Å². The minimum Gasteiger partial charge on any atom is -0.396 e. The highest BCUT2D eigenvalue weighted by molar-refractivity contribution is 5.78. The highest BCUT2D eigenvalue weighted by Gasteiger charge is 1.99. The zero-order chi connectivity index (χ0) is 11.4. The topological polar surface area (TPSA) is 37.3 Å². The van der Waals surface area contributed by atoms with Crippen molar-refractivity contribution in [2.24, 2.45) is 0 Å². The highest BCUT2D eigenvalue weighted by Crippen LogP contribution is 2.09. The number of rotatable bonds is 11. The molecular formula is C13H26O2. The molecular weight excluding hydrogens is 188 g/mol. The van der Waals surface area contributed by atoms with E-state index in [0.29, 0.717) is 12.8 Å². The summed E-state index contributed by atoms with van der Waals surface area (Å²) in [7, 11) is 0. The fourth-order valence-corrected chi connectivity index (χ4v) is 1.71. The van der Waals surface area contributed by atoms with Crippen LogP contribution in [0, 0.1) is 0 Å². The molecule has 0 saturated carbocycles. The number of carbonyl (C=O) groups is 1. The second kappa shape index (κ2) is 11.7. The van der Waals surface area contributed by atoms with Crippen LogP contribution in [-0.4, -0.2) is 17.5 Å². The van der Waals surface area contributed by atoms with E-state index in [-0.39, 0.29) is 12.4 Å². The van der Waals surface area contributed by atoms with Crippen LogP contribution in [0.1, 0.15) is 71.1 Å². The summed E-state index contributed by atoms with van der Waals surface area (Å²) in [5.74, 6) is 0.212. The van der Waals surface area contributed by atoms with Crippen molar-refractivity contribution >= 4 is 5.78 Å². The second-order valence-corrected chi connectivity index (χ2v) is 4.24. The summed E-state index contributed by atoms with van der Waals surface area (Å²) in [6, 6.07) is 0. The Labute approximate surface area is 94.1 Å². The molecule has 0 unspecified atom stereocenters. The molecule has 15 heavy (non-hydrogen) atoms. The van der Waals surface area contributed by atoms with E-state index in [1.807, 2.05) is 0 Å². The van der Waals surface area contributed by atoms with Crippen LogP contribution in [0.4, 0.5) is 0 Å². The zero-order valence-electron chi connectivity index (χ0n) is 10.1. The molecule has 0 heterocycles. The molecule has 0 aromatic heterocycles. The monoisotopic (exact) mass is 214 g/mol. The van der Waals surface area contributed by atoms with Crippen LogP contribution in [0.3, 0.4) is 0 Å². The fourth-order valence-electron chi connectivity index (χ4n) is 1.71. The smallest absolute Gasteiger partial charge is 0.135 e. The van der Waals surface area contributed by atoms with Crippen molar-refractivity contribution in [3.8, 4) is 0 Å². The molecule has 0 radical (unpaired) electrons. The van der Waals surface area contributed by atoms with E-state index in [1.54, 1.807) is 0 Å². The molecule has 0 amide bonds. The Kier molecular flexibility index (Phi) is 11.4.